The predicted molar refractivity (Wildman–Crippen MR) is 93.9 cm³/mol. The second kappa shape index (κ2) is 8.01. The zero-order chi connectivity index (χ0) is 17.5. The minimum Gasteiger partial charge on any atom is -0.492 e. The smallest absolute Gasteiger partial charge is 0.248 e. The number of anilines is 2. The van der Waals surface area contributed by atoms with Gasteiger partial charge in [0.1, 0.15) is 5.75 Å². The van der Waals surface area contributed by atoms with Gasteiger partial charge in [0.25, 0.3) is 0 Å². The van der Waals surface area contributed by atoms with E-state index in [1.165, 1.54) is 0 Å². The molecule has 0 atom stereocenters. The number of rotatable bonds is 7. The van der Waals surface area contributed by atoms with Crippen LogP contribution in [0.15, 0.2) is 42.5 Å². The first-order valence-electron chi connectivity index (χ1n) is 7.70. The summed E-state index contributed by atoms with van der Waals surface area (Å²) in [6.07, 6.45) is 0.896. The molecule has 0 saturated heterocycles. The number of benzene rings is 2. The van der Waals surface area contributed by atoms with E-state index in [0.717, 1.165) is 5.56 Å². The monoisotopic (exact) mass is 327 g/mol. The molecule has 2 amide bonds. The Hall–Kier alpha value is -3.02. The summed E-state index contributed by atoms with van der Waals surface area (Å²) < 4.78 is 5.39. The summed E-state index contributed by atoms with van der Waals surface area (Å²) in [6.45, 7) is 2.45. The first-order chi connectivity index (χ1) is 11.5. The molecule has 2 rings (SSSR count). The van der Waals surface area contributed by atoms with Crippen LogP contribution in [0.25, 0.3) is 0 Å². The summed E-state index contributed by atoms with van der Waals surface area (Å²) in [5, 5.41) is 2.78. The number of hydrogen-bond donors (Lipinski definition) is 3. The van der Waals surface area contributed by atoms with Gasteiger partial charge in [0.05, 0.1) is 12.3 Å². The predicted octanol–water partition coefficient (Wildman–Crippen LogP) is 2.34. The molecule has 0 radical (unpaired) electrons. The Kier molecular flexibility index (Phi) is 5.78. The molecular weight excluding hydrogens is 306 g/mol. The Morgan fingerprint density at radius 3 is 2.42 bits per heavy atom. The van der Waals surface area contributed by atoms with E-state index in [1.54, 1.807) is 24.3 Å². The van der Waals surface area contributed by atoms with Crippen molar-refractivity contribution in [3.8, 4) is 5.75 Å². The SMILES string of the molecule is CCOc1ccc(CCC(=O)Nc2ccc(C(N)=O)cc2)cc1N. The number of carbonyl (C=O) groups is 2. The normalized spacial score (nSPS) is 10.2. The van der Waals surface area contributed by atoms with E-state index in [2.05, 4.69) is 5.32 Å². The number of amides is 2. The second-order valence-corrected chi connectivity index (χ2v) is 5.29. The van der Waals surface area contributed by atoms with Crippen LogP contribution < -0.4 is 21.5 Å². The van der Waals surface area contributed by atoms with Crippen molar-refractivity contribution in [3.05, 3.63) is 53.6 Å². The summed E-state index contributed by atoms with van der Waals surface area (Å²) in [7, 11) is 0. The number of nitrogens with two attached hydrogens (primary N) is 2. The summed E-state index contributed by atoms with van der Waals surface area (Å²) >= 11 is 0. The van der Waals surface area contributed by atoms with E-state index < -0.39 is 5.91 Å². The number of hydrogen-bond acceptors (Lipinski definition) is 4. The van der Waals surface area contributed by atoms with Crippen LogP contribution in [0.5, 0.6) is 5.75 Å². The van der Waals surface area contributed by atoms with Crippen molar-refractivity contribution in [2.75, 3.05) is 17.7 Å². The van der Waals surface area contributed by atoms with Gasteiger partial charge < -0.3 is 21.5 Å². The van der Waals surface area contributed by atoms with E-state index in [9.17, 15) is 9.59 Å². The Balaban J connectivity index is 1.88. The van der Waals surface area contributed by atoms with Crippen LogP contribution in [0.4, 0.5) is 11.4 Å². The van der Waals surface area contributed by atoms with Crippen LogP contribution in [-0.4, -0.2) is 18.4 Å². The van der Waals surface area contributed by atoms with Crippen molar-refractivity contribution < 1.29 is 14.3 Å². The highest BCUT2D eigenvalue weighted by molar-refractivity contribution is 5.94. The molecule has 6 nitrogen and oxygen atoms in total. The molecule has 2 aromatic carbocycles. The van der Waals surface area contributed by atoms with Crippen molar-refractivity contribution in [2.45, 2.75) is 19.8 Å². The van der Waals surface area contributed by atoms with Gasteiger partial charge in [-0.25, -0.2) is 0 Å². The summed E-state index contributed by atoms with van der Waals surface area (Å²) in [6, 6.07) is 12.0. The molecule has 0 aliphatic rings. The van der Waals surface area contributed by atoms with Gasteiger partial charge >= 0.3 is 0 Å². The molecule has 2 aromatic rings. The van der Waals surface area contributed by atoms with Gasteiger partial charge in [-0.05, 0) is 55.3 Å². The maximum atomic E-state index is 12.0. The maximum Gasteiger partial charge on any atom is 0.248 e. The Morgan fingerprint density at radius 2 is 1.83 bits per heavy atom. The molecule has 0 fully saturated rings. The van der Waals surface area contributed by atoms with Gasteiger partial charge in [0.15, 0.2) is 0 Å². The first kappa shape index (κ1) is 17.3. The molecule has 0 aromatic heterocycles. The molecule has 0 unspecified atom stereocenters. The van der Waals surface area contributed by atoms with E-state index in [1.807, 2.05) is 25.1 Å². The van der Waals surface area contributed by atoms with E-state index >= 15 is 0 Å². The van der Waals surface area contributed by atoms with Crippen LogP contribution >= 0.6 is 0 Å². The largest absolute Gasteiger partial charge is 0.492 e. The average molecular weight is 327 g/mol. The van der Waals surface area contributed by atoms with Crippen molar-refractivity contribution >= 4 is 23.2 Å². The van der Waals surface area contributed by atoms with Crippen LogP contribution in [0.2, 0.25) is 0 Å². The summed E-state index contributed by atoms with van der Waals surface area (Å²) in [5.41, 5.74) is 13.6. The lowest BCUT2D eigenvalue weighted by Gasteiger charge is -2.09. The van der Waals surface area contributed by atoms with E-state index in [0.29, 0.717) is 42.1 Å². The zero-order valence-corrected chi connectivity index (χ0v) is 13.5. The molecule has 24 heavy (non-hydrogen) atoms. The van der Waals surface area contributed by atoms with Crippen molar-refractivity contribution in [2.24, 2.45) is 5.73 Å². The molecule has 0 spiro atoms. The third kappa shape index (κ3) is 4.74. The lowest BCUT2D eigenvalue weighted by Crippen LogP contribution is -2.13. The fourth-order valence-corrected chi connectivity index (χ4v) is 2.24. The number of carbonyl (C=O) groups excluding carboxylic acids is 2. The standard InChI is InChI=1S/C18H21N3O3/c1-2-24-16-9-3-12(11-15(16)19)4-10-17(22)21-14-7-5-13(6-8-14)18(20)23/h3,5-9,11H,2,4,10,19H2,1H3,(H2,20,23)(H,21,22). The highest BCUT2D eigenvalue weighted by Gasteiger charge is 2.06. The quantitative estimate of drug-likeness (QED) is 0.678. The molecular formula is C18H21N3O3. The first-order valence-corrected chi connectivity index (χ1v) is 7.70. The van der Waals surface area contributed by atoms with Crippen molar-refractivity contribution in [3.63, 3.8) is 0 Å². The number of aryl methyl sites for hydroxylation is 1. The number of nitrogen functional groups attached to an aromatic ring is 1. The van der Waals surface area contributed by atoms with Gasteiger partial charge in [-0.1, -0.05) is 6.07 Å². The van der Waals surface area contributed by atoms with Gasteiger partial charge in [-0.15, -0.1) is 0 Å². The van der Waals surface area contributed by atoms with Crippen molar-refractivity contribution in [1.29, 1.82) is 0 Å². The third-order valence-corrected chi connectivity index (χ3v) is 3.47. The minimum atomic E-state index is -0.499. The highest BCUT2D eigenvalue weighted by atomic mass is 16.5. The fraction of sp³-hybridized carbons (Fsp3) is 0.222. The Labute approximate surface area is 140 Å². The third-order valence-electron chi connectivity index (χ3n) is 3.47. The molecule has 5 N–H and O–H groups in total. The van der Waals surface area contributed by atoms with E-state index in [4.69, 9.17) is 16.2 Å². The summed E-state index contributed by atoms with van der Waals surface area (Å²) in [4.78, 5) is 23.0. The molecule has 0 aliphatic heterocycles. The van der Waals surface area contributed by atoms with E-state index in [-0.39, 0.29) is 5.91 Å². The lowest BCUT2D eigenvalue weighted by atomic mass is 10.1. The Bertz CT molecular complexity index is 727. The van der Waals surface area contributed by atoms with Crippen LogP contribution in [0.3, 0.4) is 0 Å². The average Bonchev–Trinajstić information content (AvgIpc) is 2.56. The number of primary amides is 1. The molecule has 6 heteroatoms. The van der Waals surface area contributed by atoms with Crippen LogP contribution in [0.1, 0.15) is 29.3 Å². The number of nitrogens with one attached hydrogen (secondary N) is 1. The number of ether oxygens (including phenoxy) is 1. The lowest BCUT2D eigenvalue weighted by molar-refractivity contribution is -0.116. The van der Waals surface area contributed by atoms with Gasteiger partial charge in [-0.2, -0.15) is 0 Å². The Morgan fingerprint density at radius 1 is 1.12 bits per heavy atom. The maximum absolute atomic E-state index is 12.0. The molecule has 0 bridgehead atoms. The molecule has 0 heterocycles. The van der Waals surface area contributed by atoms with Crippen LogP contribution in [-0.2, 0) is 11.2 Å². The van der Waals surface area contributed by atoms with Gasteiger partial charge in [0.2, 0.25) is 11.8 Å². The van der Waals surface area contributed by atoms with Crippen LogP contribution in [0, 0.1) is 0 Å². The molecule has 0 saturated carbocycles. The fourth-order valence-electron chi connectivity index (χ4n) is 2.24. The van der Waals surface area contributed by atoms with Gasteiger partial charge in [0, 0.05) is 17.7 Å². The minimum absolute atomic E-state index is 0.116. The molecule has 0 aliphatic carbocycles. The van der Waals surface area contributed by atoms with Gasteiger partial charge in [-0.3, -0.25) is 9.59 Å². The highest BCUT2D eigenvalue weighted by Crippen LogP contribution is 2.23. The zero-order valence-electron chi connectivity index (χ0n) is 13.5. The summed E-state index contributed by atoms with van der Waals surface area (Å²) in [5.74, 6) is 0.0375. The van der Waals surface area contributed by atoms with Crippen molar-refractivity contribution in [1.82, 2.24) is 0 Å². The second-order valence-electron chi connectivity index (χ2n) is 5.29. The molecule has 126 valence electrons. The topological polar surface area (TPSA) is 107 Å².